The predicted molar refractivity (Wildman–Crippen MR) is 81.0 cm³/mol. The number of hydrogen-bond acceptors (Lipinski definition) is 4. The molecule has 0 aliphatic heterocycles. The van der Waals surface area contributed by atoms with Crippen LogP contribution in [0.25, 0.3) is 0 Å². The van der Waals surface area contributed by atoms with Crippen LogP contribution >= 0.6 is 11.3 Å². The normalized spacial score (nSPS) is 10.1. The summed E-state index contributed by atoms with van der Waals surface area (Å²) in [5.41, 5.74) is 6.47. The molecule has 1 aromatic carbocycles. The van der Waals surface area contributed by atoms with Crippen LogP contribution in [0, 0.1) is 0 Å². The highest BCUT2D eigenvalue weighted by molar-refractivity contribution is 7.12. The van der Waals surface area contributed by atoms with Crippen molar-refractivity contribution < 1.29 is 9.59 Å². The summed E-state index contributed by atoms with van der Waals surface area (Å²) in [6.07, 6.45) is 0.243. The Morgan fingerprint density at radius 2 is 1.75 bits per heavy atom. The highest BCUT2D eigenvalue weighted by Crippen LogP contribution is 2.22. The first-order valence-corrected chi connectivity index (χ1v) is 7.02. The lowest BCUT2D eigenvalue weighted by atomic mass is 10.2. The Labute approximate surface area is 120 Å². The third kappa shape index (κ3) is 3.66. The van der Waals surface area contributed by atoms with Crippen molar-refractivity contribution in [2.45, 2.75) is 6.42 Å². The maximum absolute atomic E-state index is 12.0. The Hall–Kier alpha value is -2.18. The molecule has 0 atom stereocenters. The van der Waals surface area contributed by atoms with Gasteiger partial charge in [0.15, 0.2) is 0 Å². The van der Waals surface area contributed by atoms with Gasteiger partial charge in [0.25, 0.3) is 5.91 Å². The van der Waals surface area contributed by atoms with E-state index in [2.05, 4.69) is 10.6 Å². The monoisotopic (exact) mass is 289 g/mol. The Morgan fingerprint density at radius 1 is 1.05 bits per heavy atom. The van der Waals surface area contributed by atoms with Gasteiger partial charge in [0.2, 0.25) is 5.91 Å². The van der Waals surface area contributed by atoms with Gasteiger partial charge in [0, 0.05) is 13.0 Å². The minimum absolute atomic E-state index is 0.176. The standard InChI is InChI=1S/C14H15N3O2S/c15-8-7-13(18)16-10-4-1-2-5-11(10)17-14(19)12-6-3-9-20-12/h1-6,9H,7-8,15H2,(H,16,18)(H,17,19). The van der Waals surface area contributed by atoms with Gasteiger partial charge in [-0.25, -0.2) is 0 Å². The van der Waals surface area contributed by atoms with E-state index in [1.165, 1.54) is 11.3 Å². The average Bonchev–Trinajstić information content (AvgIpc) is 2.95. The number of carbonyl (C=O) groups excluding carboxylic acids is 2. The summed E-state index contributed by atoms with van der Waals surface area (Å²) in [5.74, 6) is -0.370. The molecule has 0 fully saturated rings. The molecular formula is C14H15N3O2S. The zero-order valence-electron chi connectivity index (χ0n) is 10.8. The third-order valence-electron chi connectivity index (χ3n) is 2.57. The number of rotatable bonds is 5. The van der Waals surface area contributed by atoms with Gasteiger partial charge in [-0.15, -0.1) is 11.3 Å². The van der Waals surface area contributed by atoms with Crippen LogP contribution in [0.15, 0.2) is 41.8 Å². The molecule has 0 unspecified atom stereocenters. The Bertz CT molecular complexity index is 596. The van der Waals surface area contributed by atoms with Crippen molar-refractivity contribution in [1.82, 2.24) is 0 Å². The number of nitrogens with two attached hydrogens (primary N) is 1. The second kappa shape index (κ2) is 6.83. The van der Waals surface area contributed by atoms with Crippen LogP contribution in [0.3, 0.4) is 0 Å². The topological polar surface area (TPSA) is 84.2 Å². The molecule has 2 amide bonds. The molecule has 6 heteroatoms. The average molecular weight is 289 g/mol. The van der Waals surface area contributed by atoms with Crippen LogP contribution in [0.5, 0.6) is 0 Å². The largest absolute Gasteiger partial charge is 0.330 e. The van der Waals surface area contributed by atoms with Crippen LogP contribution in [0.4, 0.5) is 11.4 Å². The van der Waals surface area contributed by atoms with E-state index >= 15 is 0 Å². The second-order valence-electron chi connectivity index (χ2n) is 4.06. The van der Waals surface area contributed by atoms with Gasteiger partial charge in [-0.05, 0) is 23.6 Å². The Balaban J connectivity index is 2.11. The van der Waals surface area contributed by atoms with Crippen LogP contribution in [0.1, 0.15) is 16.1 Å². The van der Waals surface area contributed by atoms with E-state index < -0.39 is 0 Å². The van der Waals surface area contributed by atoms with Gasteiger partial charge >= 0.3 is 0 Å². The Kier molecular flexibility index (Phi) is 4.86. The summed E-state index contributed by atoms with van der Waals surface area (Å²) >= 11 is 1.36. The molecule has 5 nitrogen and oxygen atoms in total. The molecule has 0 bridgehead atoms. The van der Waals surface area contributed by atoms with Crippen molar-refractivity contribution in [3.8, 4) is 0 Å². The maximum Gasteiger partial charge on any atom is 0.265 e. The van der Waals surface area contributed by atoms with Gasteiger partial charge in [-0.2, -0.15) is 0 Å². The van der Waals surface area contributed by atoms with Gasteiger partial charge in [0.05, 0.1) is 16.3 Å². The predicted octanol–water partition coefficient (Wildman–Crippen LogP) is 2.29. The number of benzene rings is 1. The van der Waals surface area contributed by atoms with Gasteiger partial charge in [-0.1, -0.05) is 18.2 Å². The minimum Gasteiger partial charge on any atom is -0.330 e. The fourth-order valence-corrected chi connectivity index (χ4v) is 2.26. The lowest BCUT2D eigenvalue weighted by molar-refractivity contribution is -0.116. The zero-order valence-corrected chi connectivity index (χ0v) is 11.6. The summed E-state index contributed by atoms with van der Waals surface area (Å²) in [7, 11) is 0. The first kappa shape index (κ1) is 14.2. The molecule has 2 rings (SSSR count). The molecule has 0 aliphatic carbocycles. The lowest BCUT2D eigenvalue weighted by Crippen LogP contribution is -2.18. The first-order chi connectivity index (χ1) is 9.70. The number of carbonyl (C=O) groups is 2. The summed E-state index contributed by atoms with van der Waals surface area (Å²) in [6.45, 7) is 0.287. The number of amides is 2. The van der Waals surface area contributed by atoms with E-state index in [1.807, 2.05) is 11.4 Å². The van der Waals surface area contributed by atoms with Gasteiger partial charge in [-0.3, -0.25) is 9.59 Å². The molecule has 0 saturated carbocycles. The molecule has 1 aromatic heterocycles. The van der Waals surface area contributed by atoms with Crippen molar-refractivity contribution in [2.24, 2.45) is 5.73 Å². The van der Waals surface area contributed by atoms with Crippen molar-refractivity contribution >= 4 is 34.5 Å². The fraction of sp³-hybridized carbons (Fsp3) is 0.143. The smallest absolute Gasteiger partial charge is 0.265 e. The van der Waals surface area contributed by atoms with E-state index in [4.69, 9.17) is 5.73 Å². The highest BCUT2D eigenvalue weighted by atomic mass is 32.1. The molecule has 0 saturated heterocycles. The quantitative estimate of drug-likeness (QED) is 0.789. The summed E-state index contributed by atoms with van der Waals surface area (Å²) in [4.78, 5) is 24.2. The SMILES string of the molecule is NCCC(=O)Nc1ccccc1NC(=O)c1cccs1. The lowest BCUT2D eigenvalue weighted by Gasteiger charge is -2.11. The summed E-state index contributed by atoms with van der Waals surface area (Å²) < 4.78 is 0. The molecule has 4 N–H and O–H groups in total. The molecule has 0 spiro atoms. The van der Waals surface area contributed by atoms with Gasteiger partial charge < -0.3 is 16.4 Å². The van der Waals surface area contributed by atoms with Crippen molar-refractivity contribution in [3.05, 3.63) is 46.7 Å². The highest BCUT2D eigenvalue weighted by Gasteiger charge is 2.11. The van der Waals surface area contributed by atoms with E-state index in [-0.39, 0.29) is 24.8 Å². The van der Waals surface area contributed by atoms with Crippen LogP contribution in [-0.4, -0.2) is 18.4 Å². The summed E-state index contributed by atoms with van der Waals surface area (Å²) in [6, 6.07) is 10.6. The number of nitrogens with one attached hydrogen (secondary N) is 2. The van der Waals surface area contributed by atoms with E-state index in [0.717, 1.165) is 0 Å². The second-order valence-corrected chi connectivity index (χ2v) is 5.01. The molecule has 20 heavy (non-hydrogen) atoms. The zero-order chi connectivity index (χ0) is 14.4. The van der Waals surface area contributed by atoms with Crippen LogP contribution in [0.2, 0.25) is 0 Å². The fourth-order valence-electron chi connectivity index (χ4n) is 1.64. The van der Waals surface area contributed by atoms with Crippen molar-refractivity contribution in [1.29, 1.82) is 0 Å². The molecule has 104 valence electrons. The van der Waals surface area contributed by atoms with E-state index in [1.54, 1.807) is 30.3 Å². The number of anilines is 2. The maximum atomic E-state index is 12.0. The van der Waals surface area contributed by atoms with Crippen LogP contribution in [-0.2, 0) is 4.79 Å². The molecule has 0 radical (unpaired) electrons. The van der Waals surface area contributed by atoms with Crippen LogP contribution < -0.4 is 16.4 Å². The van der Waals surface area contributed by atoms with Crippen molar-refractivity contribution in [3.63, 3.8) is 0 Å². The first-order valence-electron chi connectivity index (χ1n) is 6.14. The Morgan fingerprint density at radius 3 is 2.35 bits per heavy atom. The molecular weight excluding hydrogens is 274 g/mol. The number of thiophene rings is 1. The molecule has 1 heterocycles. The van der Waals surface area contributed by atoms with Crippen molar-refractivity contribution in [2.75, 3.05) is 17.2 Å². The van der Waals surface area contributed by atoms with E-state index in [0.29, 0.717) is 16.3 Å². The third-order valence-corrected chi connectivity index (χ3v) is 3.43. The summed E-state index contributed by atoms with van der Waals surface area (Å²) in [5, 5.41) is 7.35. The van der Waals surface area contributed by atoms with E-state index in [9.17, 15) is 9.59 Å². The molecule has 2 aromatic rings. The number of hydrogen-bond donors (Lipinski definition) is 3. The molecule has 0 aliphatic rings. The van der Waals surface area contributed by atoms with Gasteiger partial charge in [0.1, 0.15) is 0 Å². The number of para-hydroxylation sites is 2. The minimum atomic E-state index is -0.194.